The lowest BCUT2D eigenvalue weighted by Gasteiger charge is -2.19. The normalized spacial score (nSPS) is 12.6. The first-order chi connectivity index (χ1) is 9.69. The SMILES string of the molecule is CCCNC(COCCOC)Cc1c(F)cccc1Cl. The molecular formula is C15H23ClFNO2. The Labute approximate surface area is 125 Å². The molecule has 3 nitrogen and oxygen atoms in total. The van der Waals surface area contributed by atoms with Gasteiger partial charge in [0.1, 0.15) is 5.82 Å². The smallest absolute Gasteiger partial charge is 0.127 e. The average Bonchev–Trinajstić information content (AvgIpc) is 2.44. The van der Waals surface area contributed by atoms with Gasteiger partial charge in [0.2, 0.25) is 0 Å². The second-order valence-electron chi connectivity index (χ2n) is 4.62. The Balaban J connectivity index is 2.58. The lowest BCUT2D eigenvalue weighted by Crippen LogP contribution is -2.36. The van der Waals surface area contributed by atoms with Crippen molar-refractivity contribution in [3.63, 3.8) is 0 Å². The maximum atomic E-state index is 13.8. The van der Waals surface area contributed by atoms with Crippen LogP contribution < -0.4 is 5.32 Å². The van der Waals surface area contributed by atoms with Crippen molar-refractivity contribution in [2.45, 2.75) is 25.8 Å². The van der Waals surface area contributed by atoms with Gasteiger partial charge in [-0.05, 0) is 31.5 Å². The van der Waals surface area contributed by atoms with Gasteiger partial charge in [0.25, 0.3) is 0 Å². The lowest BCUT2D eigenvalue weighted by atomic mass is 10.1. The standard InChI is InChI=1S/C15H23ClFNO2/c1-3-7-18-12(11-20-9-8-19-2)10-13-14(16)5-4-6-15(13)17/h4-6,12,18H,3,7-11H2,1-2H3. The Bertz CT molecular complexity index is 370. The number of benzene rings is 1. The molecule has 1 unspecified atom stereocenters. The van der Waals surface area contributed by atoms with E-state index in [2.05, 4.69) is 12.2 Å². The number of hydrogen-bond donors (Lipinski definition) is 1. The molecule has 0 spiro atoms. The third-order valence-corrected chi connectivity index (χ3v) is 3.30. The molecule has 1 N–H and O–H groups in total. The van der Waals surface area contributed by atoms with Gasteiger partial charge >= 0.3 is 0 Å². The van der Waals surface area contributed by atoms with Crippen LogP contribution in [0.3, 0.4) is 0 Å². The molecule has 20 heavy (non-hydrogen) atoms. The summed E-state index contributed by atoms with van der Waals surface area (Å²) in [6, 6.07) is 4.80. The predicted octanol–water partition coefficient (Wildman–Crippen LogP) is 3.05. The van der Waals surface area contributed by atoms with Gasteiger partial charge < -0.3 is 14.8 Å². The summed E-state index contributed by atoms with van der Waals surface area (Å²) in [6.45, 7) is 4.55. The highest BCUT2D eigenvalue weighted by atomic mass is 35.5. The van der Waals surface area contributed by atoms with E-state index in [1.165, 1.54) is 6.07 Å². The topological polar surface area (TPSA) is 30.5 Å². The lowest BCUT2D eigenvalue weighted by molar-refractivity contribution is 0.0586. The van der Waals surface area contributed by atoms with Gasteiger partial charge in [-0.15, -0.1) is 0 Å². The fourth-order valence-electron chi connectivity index (χ4n) is 1.88. The van der Waals surface area contributed by atoms with E-state index < -0.39 is 0 Å². The zero-order chi connectivity index (χ0) is 14.8. The number of halogens is 2. The highest BCUT2D eigenvalue weighted by molar-refractivity contribution is 6.31. The Hall–Kier alpha value is -0.680. The van der Waals surface area contributed by atoms with Crippen molar-refractivity contribution >= 4 is 11.6 Å². The van der Waals surface area contributed by atoms with E-state index in [9.17, 15) is 4.39 Å². The van der Waals surface area contributed by atoms with Crippen molar-refractivity contribution in [3.8, 4) is 0 Å². The molecule has 114 valence electrons. The summed E-state index contributed by atoms with van der Waals surface area (Å²) in [4.78, 5) is 0. The van der Waals surface area contributed by atoms with Crippen LogP contribution in [0.25, 0.3) is 0 Å². The quantitative estimate of drug-likeness (QED) is 0.674. The van der Waals surface area contributed by atoms with E-state index in [0.717, 1.165) is 13.0 Å². The predicted molar refractivity (Wildman–Crippen MR) is 79.9 cm³/mol. The number of nitrogens with one attached hydrogen (secondary N) is 1. The first-order valence-corrected chi connectivity index (χ1v) is 7.29. The molecule has 1 rings (SSSR count). The highest BCUT2D eigenvalue weighted by Crippen LogP contribution is 2.20. The zero-order valence-electron chi connectivity index (χ0n) is 12.1. The van der Waals surface area contributed by atoms with E-state index in [1.54, 1.807) is 19.2 Å². The van der Waals surface area contributed by atoms with Crippen LogP contribution in [0.1, 0.15) is 18.9 Å². The van der Waals surface area contributed by atoms with Crippen LogP contribution in [-0.2, 0) is 15.9 Å². The number of rotatable bonds is 10. The molecule has 0 aliphatic heterocycles. The summed E-state index contributed by atoms with van der Waals surface area (Å²) < 4.78 is 24.3. The molecule has 0 radical (unpaired) electrons. The van der Waals surface area contributed by atoms with Gasteiger partial charge in [-0.3, -0.25) is 0 Å². The van der Waals surface area contributed by atoms with Gasteiger partial charge in [0.15, 0.2) is 0 Å². The van der Waals surface area contributed by atoms with Gasteiger partial charge in [-0.1, -0.05) is 24.6 Å². The molecule has 5 heteroatoms. The molecule has 1 aromatic rings. The molecule has 0 amide bonds. The third-order valence-electron chi connectivity index (χ3n) is 2.95. The van der Waals surface area contributed by atoms with Crippen LogP contribution in [0.2, 0.25) is 5.02 Å². The summed E-state index contributed by atoms with van der Waals surface area (Å²) in [5.74, 6) is -0.266. The Morgan fingerprint density at radius 1 is 1.35 bits per heavy atom. The van der Waals surface area contributed by atoms with Crippen LogP contribution in [0, 0.1) is 5.82 Å². The maximum Gasteiger partial charge on any atom is 0.127 e. The molecule has 0 aromatic heterocycles. The minimum absolute atomic E-state index is 0.0428. The Kier molecular flexibility index (Phi) is 8.78. The molecule has 0 saturated heterocycles. The van der Waals surface area contributed by atoms with E-state index in [4.69, 9.17) is 21.1 Å². The monoisotopic (exact) mass is 303 g/mol. The van der Waals surface area contributed by atoms with Crippen LogP contribution in [0.4, 0.5) is 4.39 Å². The van der Waals surface area contributed by atoms with E-state index in [-0.39, 0.29) is 11.9 Å². The number of hydrogen-bond acceptors (Lipinski definition) is 3. The number of ether oxygens (including phenoxy) is 2. The van der Waals surface area contributed by atoms with Crippen LogP contribution in [0.15, 0.2) is 18.2 Å². The average molecular weight is 304 g/mol. The summed E-state index contributed by atoms with van der Waals surface area (Å²) in [5.41, 5.74) is 0.540. The molecule has 1 atom stereocenters. The Morgan fingerprint density at radius 3 is 2.80 bits per heavy atom. The van der Waals surface area contributed by atoms with Crippen molar-refractivity contribution in [3.05, 3.63) is 34.6 Å². The van der Waals surface area contributed by atoms with Crippen LogP contribution >= 0.6 is 11.6 Å². The summed E-state index contributed by atoms with van der Waals surface area (Å²) in [7, 11) is 1.63. The van der Waals surface area contributed by atoms with Gasteiger partial charge in [-0.2, -0.15) is 0 Å². The summed E-state index contributed by atoms with van der Waals surface area (Å²) in [6.07, 6.45) is 1.53. The molecule has 1 aromatic carbocycles. The van der Waals surface area contributed by atoms with E-state index in [1.807, 2.05) is 0 Å². The molecule has 0 bridgehead atoms. The molecule has 0 fully saturated rings. The first kappa shape index (κ1) is 17.4. The molecule has 0 saturated carbocycles. The van der Waals surface area contributed by atoms with E-state index >= 15 is 0 Å². The van der Waals surface area contributed by atoms with Crippen molar-refractivity contribution in [1.82, 2.24) is 5.32 Å². The molecule has 0 aliphatic carbocycles. The number of methoxy groups -OCH3 is 1. The largest absolute Gasteiger partial charge is 0.382 e. The van der Waals surface area contributed by atoms with Crippen molar-refractivity contribution in [1.29, 1.82) is 0 Å². The molecule has 0 aliphatic rings. The summed E-state index contributed by atoms with van der Waals surface area (Å²) in [5, 5.41) is 3.82. The van der Waals surface area contributed by atoms with Gasteiger partial charge in [-0.25, -0.2) is 4.39 Å². The van der Waals surface area contributed by atoms with E-state index in [0.29, 0.717) is 36.8 Å². The first-order valence-electron chi connectivity index (χ1n) is 6.92. The van der Waals surface area contributed by atoms with Gasteiger partial charge in [0.05, 0.1) is 19.8 Å². The van der Waals surface area contributed by atoms with Gasteiger partial charge in [0, 0.05) is 23.7 Å². The fraction of sp³-hybridized carbons (Fsp3) is 0.600. The maximum absolute atomic E-state index is 13.8. The van der Waals surface area contributed by atoms with Crippen LogP contribution in [-0.4, -0.2) is 39.5 Å². The van der Waals surface area contributed by atoms with Crippen LogP contribution in [0.5, 0.6) is 0 Å². The second kappa shape index (κ2) is 10.1. The van der Waals surface area contributed by atoms with Crippen molar-refractivity contribution in [2.75, 3.05) is 33.5 Å². The minimum atomic E-state index is -0.266. The summed E-state index contributed by atoms with van der Waals surface area (Å²) >= 11 is 6.06. The third kappa shape index (κ3) is 6.18. The Morgan fingerprint density at radius 2 is 2.15 bits per heavy atom. The molecule has 0 heterocycles. The molecular weight excluding hydrogens is 281 g/mol. The minimum Gasteiger partial charge on any atom is -0.382 e. The van der Waals surface area contributed by atoms with Crippen molar-refractivity contribution in [2.24, 2.45) is 0 Å². The fourth-order valence-corrected chi connectivity index (χ4v) is 2.12. The second-order valence-corrected chi connectivity index (χ2v) is 5.03. The zero-order valence-corrected chi connectivity index (χ0v) is 12.9. The highest BCUT2D eigenvalue weighted by Gasteiger charge is 2.14. The van der Waals surface area contributed by atoms with Crippen molar-refractivity contribution < 1.29 is 13.9 Å².